The van der Waals surface area contributed by atoms with Gasteiger partial charge in [-0.05, 0) is 12.1 Å². The highest BCUT2D eigenvalue weighted by atomic mass is 35.5. The lowest BCUT2D eigenvalue weighted by atomic mass is 10.2. The van der Waals surface area contributed by atoms with Crippen LogP contribution in [0.3, 0.4) is 0 Å². The maximum Gasteiger partial charge on any atom is 0.416 e. The van der Waals surface area contributed by atoms with Gasteiger partial charge in [0.2, 0.25) is 0 Å². The molecule has 0 saturated carbocycles. The van der Waals surface area contributed by atoms with E-state index >= 15 is 0 Å². The fourth-order valence-electron chi connectivity index (χ4n) is 2.09. The monoisotopic (exact) mass is 293 g/mol. The van der Waals surface area contributed by atoms with Gasteiger partial charge in [0.15, 0.2) is 0 Å². The molecule has 1 aromatic heterocycles. The number of hydrogen-bond donors (Lipinski definition) is 0. The van der Waals surface area contributed by atoms with Gasteiger partial charge in [0.05, 0.1) is 5.56 Å². The van der Waals surface area contributed by atoms with E-state index in [2.05, 4.69) is 9.88 Å². The highest BCUT2D eigenvalue weighted by molar-refractivity contribution is 6.18. The lowest BCUT2D eigenvalue weighted by Crippen LogP contribution is -2.47. The Morgan fingerprint density at radius 2 is 1.89 bits per heavy atom. The SMILES string of the molecule is FC(F)(F)c1ccnc(N2CCN(CCCl)CC2)c1. The Bertz CT molecular complexity index is 417. The minimum Gasteiger partial charge on any atom is -0.354 e. The summed E-state index contributed by atoms with van der Waals surface area (Å²) in [7, 11) is 0. The van der Waals surface area contributed by atoms with E-state index in [-0.39, 0.29) is 0 Å². The predicted octanol–water partition coefficient (Wildman–Crippen LogP) is 2.46. The second kappa shape index (κ2) is 5.96. The summed E-state index contributed by atoms with van der Waals surface area (Å²) >= 11 is 5.67. The van der Waals surface area contributed by atoms with Crippen molar-refractivity contribution in [3.05, 3.63) is 23.9 Å². The van der Waals surface area contributed by atoms with E-state index in [1.165, 1.54) is 6.20 Å². The van der Waals surface area contributed by atoms with Gasteiger partial charge < -0.3 is 4.90 Å². The first-order valence-corrected chi connectivity index (χ1v) is 6.60. The lowest BCUT2D eigenvalue weighted by molar-refractivity contribution is -0.137. The predicted molar refractivity (Wildman–Crippen MR) is 68.6 cm³/mol. The summed E-state index contributed by atoms with van der Waals surface area (Å²) in [5.41, 5.74) is -0.652. The third-order valence-corrected chi connectivity index (χ3v) is 3.34. The molecule has 0 atom stereocenters. The molecule has 2 rings (SSSR count). The van der Waals surface area contributed by atoms with E-state index < -0.39 is 11.7 Å². The zero-order valence-electron chi connectivity index (χ0n) is 10.3. The Balaban J connectivity index is 2.03. The first kappa shape index (κ1) is 14.4. The minimum atomic E-state index is -4.32. The van der Waals surface area contributed by atoms with Crippen LogP contribution in [0.25, 0.3) is 0 Å². The van der Waals surface area contributed by atoms with E-state index in [1.54, 1.807) is 0 Å². The van der Waals surface area contributed by atoms with Crippen molar-refractivity contribution in [3.63, 3.8) is 0 Å². The average molecular weight is 294 g/mol. The summed E-state index contributed by atoms with van der Waals surface area (Å²) in [6.45, 7) is 3.75. The van der Waals surface area contributed by atoms with Crippen LogP contribution in [0.2, 0.25) is 0 Å². The standard InChI is InChI=1S/C12H15ClF3N3/c13-2-4-18-5-7-19(8-6-18)11-9-10(1-3-17-11)12(14,15)16/h1,3,9H,2,4-8H2. The Morgan fingerprint density at radius 3 is 2.47 bits per heavy atom. The molecule has 0 aromatic carbocycles. The molecule has 1 fully saturated rings. The van der Waals surface area contributed by atoms with Crippen molar-refractivity contribution in [2.45, 2.75) is 6.18 Å². The highest BCUT2D eigenvalue weighted by Crippen LogP contribution is 2.30. The molecule has 1 aliphatic heterocycles. The fourth-order valence-corrected chi connectivity index (χ4v) is 2.33. The topological polar surface area (TPSA) is 19.4 Å². The zero-order valence-corrected chi connectivity index (χ0v) is 11.1. The molecule has 106 valence electrons. The molecule has 0 aliphatic carbocycles. The van der Waals surface area contributed by atoms with Gasteiger partial charge in [-0.2, -0.15) is 13.2 Å². The molecule has 7 heteroatoms. The second-order valence-electron chi connectivity index (χ2n) is 4.42. The van der Waals surface area contributed by atoms with Crippen LogP contribution in [-0.2, 0) is 6.18 Å². The summed E-state index contributed by atoms with van der Waals surface area (Å²) in [5.74, 6) is 0.960. The Hall–Kier alpha value is -1.01. The molecule has 1 aromatic rings. The molecule has 0 unspecified atom stereocenters. The summed E-state index contributed by atoms with van der Waals surface area (Å²) in [6, 6.07) is 2.10. The van der Waals surface area contributed by atoms with Crippen molar-refractivity contribution < 1.29 is 13.2 Å². The van der Waals surface area contributed by atoms with Gasteiger partial charge in [0, 0.05) is 44.8 Å². The van der Waals surface area contributed by atoms with Crippen LogP contribution in [0.4, 0.5) is 19.0 Å². The number of piperazine rings is 1. The minimum absolute atomic E-state index is 0.389. The summed E-state index contributed by atoms with van der Waals surface area (Å²) in [6.07, 6.45) is -3.11. The Kier molecular flexibility index (Phi) is 4.52. The smallest absolute Gasteiger partial charge is 0.354 e. The first-order chi connectivity index (χ1) is 9.00. The molecular formula is C12H15ClF3N3. The molecule has 19 heavy (non-hydrogen) atoms. The number of anilines is 1. The van der Waals surface area contributed by atoms with Crippen LogP contribution >= 0.6 is 11.6 Å². The molecule has 0 amide bonds. The van der Waals surface area contributed by atoms with Crippen molar-refractivity contribution in [1.82, 2.24) is 9.88 Å². The molecule has 2 heterocycles. The van der Waals surface area contributed by atoms with Crippen molar-refractivity contribution in [2.24, 2.45) is 0 Å². The second-order valence-corrected chi connectivity index (χ2v) is 4.80. The number of rotatable bonds is 3. The van der Waals surface area contributed by atoms with Gasteiger partial charge >= 0.3 is 6.18 Å². The number of pyridine rings is 1. The molecule has 0 N–H and O–H groups in total. The van der Waals surface area contributed by atoms with Gasteiger partial charge in [-0.3, -0.25) is 4.90 Å². The molecule has 0 spiro atoms. The third kappa shape index (κ3) is 3.73. The van der Waals surface area contributed by atoms with Gasteiger partial charge in [-0.15, -0.1) is 11.6 Å². The van der Waals surface area contributed by atoms with Crippen LogP contribution in [-0.4, -0.2) is 48.5 Å². The summed E-state index contributed by atoms with van der Waals surface area (Å²) in [4.78, 5) is 8.10. The quantitative estimate of drug-likeness (QED) is 0.798. The fraction of sp³-hybridized carbons (Fsp3) is 0.583. The summed E-state index contributed by atoms with van der Waals surface area (Å²) < 4.78 is 37.9. The summed E-state index contributed by atoms with van der Waals surface area (Å²) in [5, 5.41) is 0. The zero-order chi connectivity index (χ0) is 13.9. The molecule has 0 bridgehead atoms. The largest absolute Gasteiger partial charge is 0.416 e. The van der Waals surface area contributed by atoms with Crippen LogP contribution in [0.5, 0.6) is 0 Å². The van der Waals surface area contributed by atoms with Crippen LogP contribution < -0.4 is 4.90 Å². The van der Waals surface area contributed by atoms with Crippen LogP contribution in [0, 0.1) is 0 Å². The normalized spacial score (nSPS) is 17.8. The third-order valence-electron chi connectivity index (χ3n) is 3.17. The van der Waals surface area contributed by atoms with Crippen molar-refractivity contribution >= 4 is 17.4 Å². The van der Waals surface area contributed by atoms with Crippen molar-refractivity contribution in [2.75, 3.05) is 43.5 Å². The lowest BCUT2D eigenvalue weighted by Gasteiger charge is -2.35. The first-order valence-electron chi connectivity index (χ1n) is 6.07. The number of halogens is 4. The highest BCUT2D eigenvalue weighted by Gasteiger charge is 2.31. The van der Waals surface area contributed by atoms with Gasteiger partial charge in [0.25, 0.3) is 0 Å². The van der Waals surface area contributed by atoms with E-state index in [0.29, 0.717) is 24.8 Å². The van der Waals surface area contributed by atoms with Gasteiger partial charge in [-0.1, -0.05) is 0 Å². The van der Waals surface area contributed by atoms with Crippen LogP contribution in [0.15, 0.2) is 18.3 Å². The molecule has 0 radical (unpaired) electrons. The van der Waals surface area contributed by atoms with Gasteiger partial charge in [-0.25, -0.2) is 4.98 Å². The van der Waals surface area contributed by atoms with Gasteiger partial charge in [0.1, 0.15) is 5.82 Å². The molecule has 3 nitrogen and oxygen atoms in total. The maximum atomic E-state index is 12.6. The van der Waals surface area contributed by atoms with Crippen molar-refractivity contribution in [3.8, 4) is 0 Å². The Labute approximate surface area is 115 Å². The average Bonchev–Trinajstić information content (AvgIpc) is 2.39. The maximum absolute atomic E-state index is 12.6. The molecular weight excluding hydrogens is 279 g/mol. The number of hydrogen-bond acceptors (Lipinski definition) is 3. The van der Waals surface area contributed by atoms with Crippen molar-refractivity contribution in [1.29, 1.82) is 0 Å². The Morgan fingerprint density at radius 1 is 1.21 bits per heavy atom. The number of nitrogens with zero attached hydrogens (tertiary/aromatic N) is 3. The van der Waals surface area contributed by atoms with E-state index in [1.807, 2.05) is 4.90 Å². The van der Waals surface area contributed by atoms with E-state index in [0.717, 1.165) is 31.8 Å². The van der Waals surface area contributed by atoms with E-state index in [4.69, 9.17) is 11.6 Å². The van der Waals surface area contributed by atoms with E-state index in [9.17, 15) is 13.2 Å². The number of alkyl halides is 4. The number of aromatic nitrogens is 1. The molecule has 1 aliphatic rings. The molecule has 1 saturated heterocycles. The van der Waals surface area contributed by atoms with Crippen LogP contribution in [0.1, 0.15) is 5.56 Å².